The largest absolute Gasteiger partial charge is 0.454 e. The van der Waals surface area contributed by atoms with Gasteiger partial charge in [-0.3, -0.25) is 9.59 Å². The predicted molar refractivity (Wildman–Crippen MR) is 68.7 cm³/mol. The van der Waals surface area contributed by atoms with Crippen LogP contribution in [-0.4, -0.2) is 50.2 Å². The van der Waals surface area contributed by atoms with Gasteiger partial charge in [0.15, 0.2) is 11.5 Å². The van der Waals surface area contributed by atoms with E-state index < -0.39 is 0 Å². The number of carbonyl (C=O) groups excluding carboxylic acids is 2. The average Bonchev–Trinajstić information content (AvgIpc) is 2.96. The zero-order chi connectivity index (χ0) is 13.9. The third kappa shape index (κ3) is 2.22. The lowest BCUT2D eigenvalue weighted by molar-refractivity contribution is 0.0300. The lowest BCUT2D eigenvalue weighted by atomic mass is 10.0. The number of benzene rings is 1. The highest BCUT2D eigenvalue weighted by Crippen LogP contribution is 2.38. The molecular weight excluding hydrogens is 262 g/mol. The van der Waals surface area contributed by atoms with Gasteiger partial charge in [-0.15, -0.1) is 0 Å². The van der Waals surface area contributed by atoms with Crippen LogP contribution in [0.1, 0.15) is 15.9 Å². The molecule has 0 aliphatic carbocycles. The number of morpholine rings is 1. The number of hydrogen-bond acceptors (Lipinski definition) is 5. The third-order valence-electron chi connectivity index (χ3n) is 3.40. The Labute approximate surface area is 116 Å². The molecule has 20 heavy (non-hydrogen) atoms. The fourth-order valence-electron chi connectivity index (χ4n) is 2.40. The van der Waals surface area contributed by atoms with Crippen LogP contribution in [0, 0.1) is 0 Å². The van der Waals surface area contributed by atoms with E-state index in [9.17, 15) is 9.59 Å². The van der Waals surface area contributed by atoms with Crippen LogP contribution in [0.5, 0.6) is 11.5 Å². The van der Waals surface area contributed by atoms with Crippen molar-refractivity contribution in [3.8, 4) is 11.5 Å². The number of hydrogen-bond donors (Lipinski definition) is 0. The summed E-state index contributed by atoms with van der Waals surface area (Å²) in [5.74, 6) is 0.811. The number of amides is 1. The summed E-state index contributed by atoms with van der Waals surface area (Å²) >= 11 is 0. The molecule has 2 aliphatic heterocycles. The Bertz CT molecular complexity index is 537. The van der Waals surface area contributed by atoms with Crippen LogP contribution in [0.25, 0.3) is 0 Å². The topological polar surface area (TPSA) is 65.1 Å². The van der Waals surface area contributed by atoms with E-state index in [1.165, 1.54) is 0 Å². The Balaban J connectivity index is 1.99. The minimum absolute atomic E-state index is 0.0576. The van der Waals surface area contributed by atoms with E-state index in [0.29, 0.717) is 48.9 Å². The minimum atomic E-state index is -0.152. The second-order valence-electron chi connectivity index (χ2n) is 4.56. The molecule has 6 heteroatoms. The van der Waals surface area contributed by atoms with Gasteiger partial charge in [0, 0.05) is 19.5 Å². The highest BCUT2D eigenvalue weighted by Gasteiger charge is 2.29. The first kappa shape index (κ1) is 12.9. The van der Waals surface area contributed by atoms with Crippen molar-refractivity contribution in [2.24, 2.45) is 0 Å². The van der Waals surface area contributed by atoms with Gasteiger partial charge >= 0.3 is 0 Å². The van der Waals surface area contributed by atoms with Crippen LogP contribution in [0.4, 0.5) is 0 Å². The van der Waals surface area contributed by atoms with Gasteiger partial charge in [-0.25, -0.2) is 0 Å². The van der Waals surface area contributed by atoms with Gasteiger partial charge in [0.25, 0.3) is 5.91 Å². The monoisotopic (exact) mass is 276 g/mol. The minimum Gasteiger partial charge on any atom is -0.454 e. The Morgan fingerprint density at radius 2 is 2.05 bits per heavy atom. The summed E-state index contributed by atoms with van der Waals surface area (Å²) in [6.07, 6.45) is 1.89. The molecule has 1 aromatic carbocycles. The van der Waals surface area contributed by atoms with E-state index in [1.54, 1.807) is 17.0 Å². The summed E-state index contributed by atoms with van der Waals surface area (Å²) in [4.78, 5) is 25.0. The smallest absolute Gasteiger partial charge is 0.258 e. The zero-order valence-corrected chi connectivity index (χ0v) is 10.9. The SMILES string of the molecule is O=[C]Cc1ccc2c(c1C(=O)N1CCOCC1)OCO2. The van der Waals surface area contributed by atoms with E-state index in [2.05, 4.69) is 0 Å². The summed E-state index contributed by atoms with van der Waals surface area (Å²) in [6.45, 7) is 2.20. The van der Waals surface area contributed by atoms with Crippen LogP contribution in [0.2, 0.25) is 0 Å². The van der Waals surface area contributed by atoms with Crippen molar-refractivity contribution in [1.82, 2.24) is 4.90 Å². The van der Waals surface area contributed by atoms with Crippen molar-refractivity contribution in [1.29, 1.82) is 0 Å². The summed E-state index contributed by atoms with van der Waals surface area (Å²) in [7, 11) is 0. The van der Waals surface area contributed by atoms with E-state index in [-0.39, 0.29) is 19.1 Å². The van der Waals surface area contributed by atoms with Crippen molar-refractivity contribution in [2.45, 2.75) is 6.42 Å². The summed E-state index contributed by atoms with van der Waals surface area (Å²) in [6, 6.07) is 3.43. The number of nitrogens with zero attached hydrogens (tertiary/aromatic N) is 1. The Hall–Kier alpha value is -2.08. The van der Waals surface area contributed by atoms with Gasteiger partial charge in [0.2, 0.25) is 13.1 Å². The van der Waals surface area contributed by atoms with Crippen molar-refractivity contribution in [2.75, 3.05) is 33.1 Å². The van der Waals surface area contributed by atoms with Crippen LogP contribution in [0.3, 0.4) is 0 Å². The predicted octanol–water partition coefficient (Wildman–Crippen LogP) is 0.540. The molecule has 2 aliphatic rings. The Morgan fingerprint density at radius 3 is 2.80 bits per heavy atom. The molecule has 105 valence electrons. The summed E-state index contributed by atoms with van der Waals surface area (Å²) in [5, 5.41) is 0. The second-order valence-corrected chi connectivity index (χ2v) is 4.56. The van der Waals surface area contributed by atoms with E-state index in [1.807, 2.05) is 6.29 Å². The Kier molecular flexibility index (Phi) is 3.56. The van der Waals surface area contributed by atoms with Gasteiger partial charge in [-0.05, 0) is 11.6 Å². The molecule has 1 fully saturated rings. The van der Waals surface area contributed by atoms with Gasteiger partial charge in [0.05, 0.1) is 18.8 Å². The standard InChI is InChI=1S/C14H14NO5/c16-6-3-10-1-2-11-13(20-9-19-11)12(10)14(17)15-4-7-18-8-5-15/h1-2H,3-5,7-9H2. The van der Waals surface area contributed by atoms with E-state index in [0.717, 1.165) is 0 Å². The molecule has 1 aromatic rings. The molecule has 1 radical (unpaired) electrons. The summed E-state index contributed by atoms with van der Waals surface area (Å²) < 4.78 is 15.9. The Morgan fingerprint density at radius 1 is 1.25 bits per heavy atom. The molecule has 2 heterocycles. The molecule has 0 atom stereocenters. The first-order valence-corrected chi connectivity index (χ1v) is 6.45. The van der Waals surface area contributed by atoms with Crippen molar-refractivity contribution >= 4 is 12.2 Å². The van der Waals surface area contributed by atoms with Gasteiger partial charge < -0.3 is 19.1 Å². The number of rotatable bonds is 3. The molecule has 0 saturated carbocycles. The van der Waals surface area contributed by atoms with Gasteiger partial charge in [-0.1, -0.05) is 6.07 Å². The third-order valence-corrected chi connectivity index (χ3v) is 3.40. The van der Waals surface area contributed by atoms with Gasteiger partial charge in [-0.2, -0.15) is 0 Å². The molecule has 6 nitrogen and oxygen atoms in total. The number of carbonyl (C=O) groups is 1. The molecule has 0 aromatic heterocycles. The number of ether oxygens (including phenoxy) is 3. The summed E-state index contributed by atoms with van der Waals surface area (Å²) in [5.41, 5.74) is 1.02. The molecule has 0 unspecified atom stereocenters. The molecule has 1 amide bonds. The second kappa shape index (κ2) is 5.50. The maximum atomic E-state index is 12.7. The quantitative estimate of drug-likeness (QED) is 0.806. The fourth-order valence-corrected chi connectivity index (χ4v) is 2.40. The van der Waals surface area contributed by atoms with Crippen molar-refractivity contribution in [3.05, 3.63) is 23.3 Å². The number of fused-ring (bicyclic) bond motifs is 1. The highest BCUT2D eigenvalue weighted by atomic mass is 16.7. The van der Waals surface area contributed by atoms with Crippen LogP contribution in [0.15, 0.2) is 12.1 Å². The van der Waals surface area contributed by atoms with Crippen LogP contribution < -0.4 is 9.47 Å². The molecular formula is C14H14NO5. The maximum absolute atomic E-state index is 12.7. The molecule has 0 N–H and O–H groups in total. The van der Waals surface area contributed by atoms with Crippen LogP contribution >= 0.6 is 0 Å². The van der Waals surface area contributed by atoms with E-state index >= 15 is 0 Å². The fraction of sp³-hybridized carbons (Fsp3) is 0.429. The molecule has 0 bridgehead atoms. The zero-order valence-electron chi connectivity index (χ0n) is 10.9. The van der Waals surface area contributed by atoms with E-state index in [4.69, 9.17) is 14.2 Å². The molecule has 0 spiro atoms. The van der Waals surface area contributed by atoms with Crippen molar-refractivity contribution < 1.29 is 23.8 Å². The molecule has 3 rings (SSSR count). The lowest BCUT2D eigenvalue weighted by Gasteiger charge is -2.27. The van der Waals surface area contributed by atoms with Gasteiger partial charge in [0.1, 0.15) is 0 Å². The van der Waals surface area contributed by atoms with Crippen LogP contribution in [-0.2, 0) is 16.0 Å². The molecule has 1 saturated heterocycles. The lowest BCUT2D eigenvalue weighted by Crippen LogP contribution is -2.41. The first-order valence-electron chi connectivity index (χ1n) is 6.45. The van der Waals surface area contributed by atoms with Crippen molar-refractivity contribution in [3.63, 3.8) is 0 Å². The maximum Gasteiger partial charge on any atom is 0.258 e. The normalized spacial score (nSPS) is 17.1. The average molecular weight is 276 g/mol. The highest BCUT2D eigenvalue weighted by molar-refractivity contribution is 6.00. The first-order chi connectivity index (χ1) is 9.81.